The molecule has 2 rings (SSSR count). The number of hydrazine groups is 1. The molecule has 0 saturated heterocycles. The van der Waals surface area contributed by atoms with E-state index in [4.69, 9.17) is 21.4 Å². The van der Waals surface area contributed by atoms with Gasteiger partial charge in [0.2, 0.25) is 0 Å². The lowest BCUT2D eigenvalue weighted by atomic mass is 10.3. The maximum absolute atomic E-state index is 11.8. The van der Waals surface area contributed by atoms with Crippen LogP contribution in [0.1, 0.15) is 10.6 Å². The summed E-state index contributed by atoms with van der Waals surface area (Å²) in [6.07, 6.45) is 0. The Kier molecular flexibility index (Phi) is 7.41. The minimum Gasteiger partial charge on any atom is -0.483 e. The van der Waals surface area contributed by atoms with E-state index in [0.717, 1.165) is 4.47 Å². The molecule has 0 atom stereocenters. The molecule has 0 saturated carbocycles. The molecule has 0 aliphatic heterocycles. The van der Waals surface area contributed by atoms with Gasteiger partial charge in [0.1, 0.15) is 5.75 Å². The molecule has 132 valence electrons. The molecular weight excluding hydrogens is 546 g/mol. The van der Waals surface area contributed by atoms with Gasteiger partial charge in [-0.05, 0) is 74.4 Å². The number of halogens is 3. The van der Waals surface area contributed by atoms with Crippen LogP contribution in [0.4, 0.5) is 0 Å². The van der Waals surface area contributed by atoms with Crippen LogP contribution in [0.2, 0.25) is 0 Å². The molecule has 7 nitrogen and oxygen atoms in total. The normalized spacial score (nSPS) is 10.0. The van der Waals surface area contributed by atoms with Crippen molar-refractivity contribution < 1.29 is 18.7 Å². The highest BCUT2D eigenvalue weighted by Gasteiger charge is 2.12. The maximum Gasteiger partial charge on any atom is 0.293 e. The Balaban J connectivity index is 1.73. The van der Waals surface area contributed by atoms with Gasteiger partial charge >= 0.3 is 0 Å². The van der Waals surface area contributed by atoms with E-state index in [2.05, 4.69) is 64.0 Å². The van der Waals surface area contributed by atoms with Gasteiger partial charge in [0.25, 0.3) is 11.8 Å². The molecule has 0 unspecified atom stereocenters. The number of ether oxygens (including phenoxy) is 1. The topological polar surface area (TPSA) is 92.6 Å². The lowest BCUT2D eigenvalue weighted by Gasteiger charge is -2.11. The van der Waals surface area contributed by atoms with Crippen molar-refractivity contribution in [1.82, 2.24) is 16.2 Å². The van der Waals surface area contributed by atoms with E-state index in [9.17, 15) is 9.59 Å². The van der Waals surface area contributed by atoms with Crippen molar-refractivity contribution in [2.45, 2.75) is 0 Å². The molecule has 0 fully saturated rings. The third-order valence-electron chi connectivity index (χ3n) is 2.59. The zero-order valence-corrected chi connectivity index (χ0v) is 17.8. The fourth-order valence-corrected chi connectivity index (χ4v) is 3.14. The average Bonchev–Trinajstić information content (AvgIpc) is 2.99. The summed E-state index contributed by atoms with van der Waals surface area (Å²) in [5, 5.41) is 2.27. The molecule has 0 bridgehead atoms. The van der Waals surface area contributed by atoms with Gasteiger partial charge in [-0.25, -0.2) is 0 Å². The number of thiocarbonyl (C=S) groups is 1. The molecule has 1 heterocycles. The number of benzene rings is 1. The standard InChI is InChI=1S/C14H10Br3N3O4S/c15-7-1-2-9(8(16)5-7)23-6-12(21)19-20-14(25)18-13(22)10-3-4-11(17)24-10/h1-5H,6H2,(H,19,21)(H2,18,20,22,25). The first-order valence-electron chi connectivity index (χ1n) is 6.58. The van der Waals surface area contributed by atoms with Gasteiger partial charge in [0, 0.05) is 4.47 Å². The Hall–Kier alpha value is -1.43. The van der Waals surface area contributed by atoms with Crippen molar-refractivity contribution in [3.63, 3.8) is 0 Å². The third kappa shape index (κ3) is 6.42. The lowest BCUT2D eigenvalue weighted by Crippen LogP contribution is -2.49. The van der Waals surface area contributed by atoms with Gasteiger partial charge < -0.3 is 9.15 Å². The van der Waals surface area contributed by atoms with Crippen LogP contribution in [0.5, 0.6) is 5.75 Å². The number of nitrogens with one attached hydrogen (secondary N) is 3. The van der Waals surface area contributed by atoms with Crippen LogP contribution in [0.3, 0.4) is 0 Å². The molecule has 0 spiro atoms. The van der Waals surface area contributed by atoms with Crippen LogP contribution >= 0.6 is 60.0 Å². The van der Waals surface area contributed by atoms with Crippen LogP contribution in [0.15, 0.2) is 48.4 Å². The molecule has 1 aromatic carbocycles. The van der Waals surface area contributed by atoms with Crippen molar-refractivity contribution in [3.8, 4) is 5.75 Å². The van der Waals surface area contributed by atoms with Crippen LogP contribution in [-0.4, -0.2) is 23.5 Å². The molecule has 0 aliphatic rings. The second kappa shape index (κ2) is 9.32. The Labute approximate surface area is 173 Å². The molecule has 0 aliphatic carbocycles. The molecular formula is C14H10Br3N3O4S. The second-order valence-electron chi connectivity index (χ2n) is 4.42. The number of hydrogen-bond acceptors (Lipinski definition) is 5. The summed E-state index contributed by atoms with van der Waals surface area (Å²) in [6, 6.07) is 8.34. The molecule has 1 aromatic heterocycles. The SMILES string of the molecule is O=C(COc1ccc(Br)cc1Br)NNC(=S)NC(=O)c1ccc(Br)o1. The predicted octanol–water partition coefficient (Wildman–Crippen LogP) is 3.28. The summed E-state index contributed by atoms with van der Waals surface area (Å²) in [5.74, 6) is -0.442. The van der Waals surface area contributed by atoms with Crippen LogP contribution < -0.4 is 20.9 Å². The van der Waals surface area contributed by atoms with Gasteiger partial charge in [0.05, 0.1) is 4.47 Å². The predicted molar refractivity (Wildman–Crippen MR) is 105 cm³/mol. The summed E-state index contributed by atoms with van der Waals surface area (Å²) in [6.45, 7) is -0.241. The number of furan rings is 1. The minimum atomic E-state index is -0.549. The van der Waals surface area contributed by atoms with E-state index >= 15 is 0 Å². The lowest BCUT2D eigenvalue weighted by molar-refractivity contribution is -0.123. The molecule has 2 amide bonds. The van der Waals surface area contributed by atoms with Gasteiger partial charge in [-0.15, -0.1) is 0 Å². The molecule has 25 heavy (non-hydrogen) atoms. The van der Waals surface area contributed by atoms with Crippen LogP contribution in [-0.2, 0) is 4.79 Å². The maximum atomic E-state index is 11.8. The van der Waals surface area contributed by atoms with E-state index in [1.54, 1.807) is 24.3 Å². The van der Waals surface area contributed by atoms with Gasteiger partial charge in [-0.2, -0.15) is 0 Å². The van der Waals surface area contributed by atoms with Crippen molar-refractivity contribution in [1.29, 1.82) is 0 Å². The van der Waals surface area contributed by atoms with Crippen LogP contribution in [0.25, 0.3) is 0 Å². The number of hydrogen-bond donors (Lipinski definition) is 3. The first kappa shape index (κ1) is 19.9. The number of carbonyl (C=O) groups is 2. The summed E-state index contributed by atoms with van der Waals surface area (Å²) < 4.78 is 12.4. The zero-order valence-electron chi connectivity index (χ0n) is 12.3. The van der Waals surface area contributed by atoms with E-state index < -0.39 is 11.8 Å². The first-order chi connectivity index (χ1) is 11.8. The quantitative estimate of drug-likeness (QED) is 0.396. The third-order valence-corrected chi connectivity index (χ3v) is 4.34. The summed E-state index contributed by atoms with van der Waals surface area (Å²) in [5.41, 5.74) is 4.71. The minimum absolute atomic E-state index is 0.0748. The smallest absolute Gasteiger partial charge is 0.293 e. The van der Waals surface area contributed by atoms with E-state index in [1.165, 1.54) is 6.07 Å². The Morgan fingerprint density at radius 2 is 1.88 bits per heavy atom. The van der Waals surface area contributed by atoms with Crippen molar-refractivity contribution in [2.75, 3.05) is 6.61 Å². The monoisotopic (exact) mass is 553 g/mol. The van der Waals surface area contributed by atoms with Gasteiger partial charge in [-0.1, -0.05) is 15.9 Å². The molecule has 2 aromatic rings. The number of rotatable bonds is 4. The van der Waals surface area contributed by atoms with E-state index in [-0.39, 0.29) is 17.5 Å². The summed E-state index contributed by atoms with van der Waals surface area (Å²) in [4.78, 5) is 23.5. The van der Waals surface area contributed by atoms with Crippen molar-refractivity contribution in [2.24, 2.45) is 0 Å². The van der Waals surface area contributed by atoms with Gasteiger partial charge in [-0.3, -0.25) is 25.8 Å². The average molecular weight is 556 g/mol. The molecule has 11 heteroatoms. The van der Waals surface area contributed by atoms with Crippen LogP contribution in [0, 0.1) is 0 Å². The Morgan fingerprint density at radius 1 is 1.12 bits per heavy atom. The Bertz CT molecular complexity index is 812. The number of amides is 2. The zero-order chi connectivity index (χ0) is 18.4. The highest BCUT2D eigenvalue weighted by molar-refractivity contribution is 9.11. The van der Waals surface area contributed by atoms with E-state index in [1.807, 2.05) is 0 Å². The van der Waals surface area contributed by atoms with E-state index in [0.29, 0.717) is 14.9 Å². The fourth-order valence-electron chi connectivity index (χ4n) is 1.53. The van der Waals surface area contributed by atoms with Crippen molar-refractivity contribution >= 4 is 76.9 Å². The highest BCUT2D eigenvalue weighted by atomic mass is 79.9. The Morgan fingerprint density at radius 3 is 2.52 bits per heavy atom. The first-order valence-corrected chi connectivity index (χ1v) is 9.37. The van der Waals surface area contributed by atoms with Gasteiger partial charge in [0.15, 0.2) is 22.1 Å². The number of carbonyl (C=O) groups excluding carboxylic acids is 2. The second-order valence-corrected chi connectivity index (χ2v) is 7.38. The van der Waals surface area contributed by atoms with Crippen molar-refractivity contribution in [3.05, 3.63) is 49.7 Å². The largest absolute Gasteiger partial charge is 0.483 e. The summed E-state index contributed by atoms with van der Waals surface area (Å²) >= 11 is 14.6. The molecule has 0 radical (unpaired) electrons. The fraction of sp³-hybridized carbons (Fsp3) is 0.0714. The molecule has 3 N–H and O–H groups in total. The summed E-state index contributed by atoms with van der Waals surface area (Å²) in [7, 11) is 0. The highest BCUT2D eigenvalue weighted by Crippen LogP contribution is 2.28.